The fraction of sp³-hybridized carbons (Fsp3) is 1.00. The number of hydrogen-bond acceptors (Lipinski definition) is 2. The first-order chi connectivity index (χ1) is 4.63. The summed E-state index contributed by atoms with van der Waals surface area (Å²) in [6.45, 7) is 2.53. The molecule has 0 fully saturated rings. The Bertz CT molecular complexity index is 77.7. The maximum Gasteiger partial charge on any atom is 5.00 e. The van der Waals surface area contributed by atoms with Gasteiger partial charge in [0.1, 0.15) is 13.1 Å². The van der Waals surface area contributed by atoms with Crippen molar-refractivity contribution in [3.05, 3.63) is 9.93 Å². The normalized spacial score (nSPS) is 4.95. The van der Waals surface area contributed by atoms with Gasteiger partial charge in [-0.05, 0) is 0 Å². The van der Waals surface area contributed by atoms with Crippen molar-refractivity contribution >= 4 is 0 Å². The SMILES string of the molecule is C[NH+](C)CC[NH+](C)C.O.O=O.[Cr+5].[Cr+5].[O-2].[O-2].[O-2].[O-2].[O-2].[O-2]. The summed E-state index contributed by atoms with van der Waals surface area (Å²) >= 11 is 0. The third kappa shape index (κ3) is 173. The Labute approximate surface area is 134 Å². The molecule has 0 aromatic heterocycles. The molecule has 0 aliphatic carbocycles. The maximum atomic E-state index is 7.00. The van der Waals surface area contributed by atoms with Gasteiger partial charge in [-0.25, -0.2) is 0 Å². The third-order valence-electron chi connectivity index (χ3n) is 1.12. The molecule has 0 atom stereocenters. The third-order valence-corrected chi connectivity index (χ3v) is 1.12. The van der Waals surface area contributed by atoms with Gasteiger partial charge in [-0.1, -0.05) is 0 Å². The summed E-state index contributed by atoms with van der Waals surface area (Å²) in [5.74, 6) is 0. The molecule has 0 aliphatic heterocycles. The zero-order valence-corrected chi connectivity index (χ0v) is 13.5. The van der Waals surface area contributed by atoms with E-state index in [0.29, 0.717) is 0 Å². The molecule has 4 N–H and O–H groups in total. The molecular formula is C6H20Cr2N2O9. The van der Waals surface area contributed by atoms with Gasteiger partial charge in [0.05, 0.1) is 28.2 Å². The summed E-state index contributed by atoms with van der Waals surface area (Å²) in [6.07, 6.45) is 0. The summed E-state index contributed by atoms with van der Waals surface area (Å²) in [4.78, 5) is 17.1. The Kier molecular flexibility index (Phi) is 392. The second kappa shape index (κ2) is 79.5. The Morgan fingerprint density at radius 1 is 0.579 bits per heavy atom. The number of rotatable bonds is 3. The first-order valence-corrected chi connectivity index (χ1v) is 3.37. The van der Waals surface area contributed by atoms with Crippen LogP contribution in [-0.4, -0.2) is 46.8 Å². The molecule has 0 saturated carbocycles. The van der Waals surface area contributed by atoms with Crippen LogP contribution in [0.25, 0.3) is 0 Å². The van der Waals surface area contributed by atoms with Crippen LogP contribution in [0.4, 0.5) is 0 Å². The van der Waals surface area contributed by atoms with Crippen molar-refractivity contribution < 1.29 is 82.9 Å². The molecule has 0 amide bonds. The van der Waals surface area contributed by atoms with E-state index in [-0.39, 0.29) is 73.1 Å². The van der Waals surface area contributed by atoms with E-state index in [1.807, 2.05) is 0 Å². The molecule has 120 valence electrons. The summed E-state index contributed by atoms with van der Waals surface area (Å²) in [5.41, 5.74) is 0. The topological polar surface area (TPSA) is 246 Å². The molecule has 0 spiro atoms. The molecule has 0 aromatic carbocycles. The van der Waals surface area contributed by atoms with Crippen LogP contribution in [0.3, 0.4) is 0 Å². The molecule has 13 heteroatoms. The van der Waals surface area contributed by atoms with Gasteiger partial charge in [0.2, 0.25) is 0 Å². The number of hydrogen-bond donors (Lipinski definition) is 2. The molecule has 0 aromatic rings. The van der Waals surface area contributed by atoms with E-state index in [9.17, 15) is 0 Å². The Balaban J connectivity index is -0.00000000618. The number of likely N-dealkylation sites (N-methyl/N-ethyl adjacent to an activating group) is 2. The van der Waals surface area contributed by atoms with Crippen LogP contribution in [0.15, 0.2) is 0 Å². The minimum Gasteiger partial charge on any atom is -2.00 e. The first kappa shape index (κ1) is 93.8. The molecule has 2 radical (unpaired) electrons. The molecular weight excluding hydrogens is 348 g/mol. The van der Waals surface area contributed by atoms with Crippen LogP contribution in [0.5, 0.6) is 0 Å². The fourth-order valence-corrected chi connectivity index (χ4v) is 0.500. The van der Waals surface area contributed by atoms with E-state index in [1.165, 1.54) is 22.9 Å². The summed E-state index contributed by atoms with van der Waals surface area (Å²) in [6, 6.07) is 0. The molecule has 0 unspecified atom stereocenters. The van der Waals surface area contributed by atoms with E-state index < -0.39 is 0 Å². The average Bonchev–Trinajstić information content (AvgIpc) is 1.89. The van der Waals surface area contributed by atoms with Gasteiger partial charge < -0.3 is 48.1 Å². The molecule has 0 rings (SSSR count). The standard InChI is InChI=1S/C6H16N2.2Cr.O2.H2O.6O/c1-7(2)5-6-8(3)4;;;1-2;;;;;;;/h5-6H2,1-4H3;;;;1H2;;;;;;/q;2*+5;;;6*-2/p+2. The molecule has 0 bridgehead atoms. The number of quaternary nitrogens is 2. The summed E-state index contributed by atoms with van der Waals surface area (Å²) in [7, 11) is 8.73. The second-order valence-corrected chi connectivity index (χ2v) is 2.91. The Hall–Kier alpha value is 0.305. The van der Waals surface area contributed by atoms with Gasteiger partial charge >= 0.3 is 34.7 Å². The second-order valence-electron chi connectivity index (χ2n) is 2.91. The van der Waals surface area contributed by atoms with Gasteiger partial charge in [0, 0.05) is 9.93 Å². The summed E-state index contributed by atoms with van der Waals surface area (Å²) < 4.78 is 0. The first-order valence-electron chi connectivity index (χ1n) is 3.37. The largest absolute Gasteiger partial charge is 5.00 e. The van der Waals surface area contributed by atoms with Crippen molar-refractivity contribution in [2.24, 2.45) is 0 Å². The minimum absolute atomic E-state index is 0. The maximum absolute atomic E-state index is 7.00. The van der Waals surface area contributed by atoms with Crippen LogP contribution >= 0.6 is 0 Å². The van der Waals surface area contributed by atoms with Gasteiger partial charge in [-0.15, -0.1) is 0 Å². The predicted octanol–water partition coefficient (Wildman–Crippen LogP) is -4.20. The zero-order valence-electron chi connectivity index (χ0n) is 11.0. The molecule has 11 nitrogen and oxygen atoms in total. The van der Waals surface area contributed by atoms with E-state index in [0.717, 1.165) is 0 Å². The van der Waals surface area contributed by atoms with Crippen molar-refractivity contribution in [3.8, 4) is 0 Å². The van der Waals surface area contributed by atoms with Gasteiger partial charge in [-0.3, -0.25) is 0 Å². The zero-order chi connectivity index (χ0) is 8.57. The molecule has 0 heterocycles. The fourth-order valence-electron chi connectivity index (χ4n) is 0.500. The van der Waals surface area contributed by atoms with Crippen molar-refractivity contribution in [2.75, 3.05) is 41.3 Å². The van der Waals surface area contributed by atoms with Crippen LogP contribution in [0, 0.1) is 9.93 Å². The molecule has 0 aliphatic rings. The quantitative estimate of drug-likeness (QED) is 0.503. The predicted molar refractivity (Wildman–Crippen MR) is 49.8 cm³/mol. The smallest absolute Gasteiger partial charge is 2.00 e. The van der Waals surface area contributed by atoms with E-state index >= 15 is 0 Å². The molecule has 19 heavy (non-hydrogen) atoms. The molecule has 0 saturated heterocycles. The van der Waals surface area contributed by atoms with Crippen molar-refractivity contribution in [3.63, 3.8) is 0 Å². The van der Waals surface area contributed by atoms with Crippen molar-refractivity contribution in [2.45, 2.75) is 0 Å². The Morgan fingerprint density at radius 2 is 0.684 bits per heavy atom. The summed E-state index contributed by atoms with van der Waals surface area (Å²) in [5, 5.41) is 0. The minimum atomic E-state index is 0. The monoisotopic (exact) mass is 368 g/mol. The van der Waals surface area contributed by atoms with Crippen molar-refractivity contribution in [1.82, 2.24) is 0 Å². The van der Waals surface area contributed by atoms with Crippen molar-refractivity contribution in [1.29, 1.82) is 0 Å². The van der Waals surface area contributed by atoms with Crippen LogP contribution in [0.1, 0.15) is 0 Å². The Morgan fingerprint density at radius 3 is 0.737 bits per heavy atom. The average molecular weight is 368 g/mol. The number of nitrogens with one attached hydrogen (secondary N) is 2. The van der Waals surface area contributed by atoms with Gasteiger partial charge in [0.25, 0.3) is 0 Å². The van der Waals surface area contributed by atoms with Gasteiger partial charge in [-0.2, -0.15) is 0 Å². The van der Waals surface area contributed by atoms with Crippen LogP contribution < -0.4 is 9.80 Å². The van der Waals surface area contributed by atoms with E-state index in [4.69, 9.17) is 9.93 Å². The van der Waals surface area contributed by atoms with Crippen LogP contribution in [-0.2, 0) is 67.6 Å². The van der Waals surface area contributed by atoms with Gasteiger partial charge in [0.15, 0.2) is 0 Å². The van der Waals surface area contributed by atoms with Crippen LogP contribution in [0.2, 0.25) is 0 Å². The van der Waals surface area contributed by atoms with E-state index in [1.54, 1.807) is 0 Å². The van der Waals surface area contributed by atoms with E-state index in [2.05, 4.69) is 28.2 Å².